The van der Waals surface area contributed by atoms with Gasteiger partial charge in [-0.05, 0) is 31.5 Å². The van der Waals surface area contributed by atoms with Crippen molar-refractivity contribution in [2.75, 3.05) is 17.7 Å². The molecule has 4 rings (SSSR count). The number of amides is 1. The van der Waals surface area contributed by atoms with Crippen molar-refractivity contribution in [3.63, 3.8) is 0 Å². The lowest BCUT2D eigenvalue weighted by molar-refractivity contribution is -0.115. The Bertz CT molecular complexity index is 1190. The molecule has 29 heavy (non-hydrogen) atoms. The highest BCUT2D eigenvalue weighted by molar-refractivity contribution is 7.22. The molecule has 3 aromatic heterocycles. The Morgan fingerprint density at radius 3 is 2.93 bits per heavy atom. The lowest BCUT2D eigenvalue weighted by Gasteiger charge is -2.07. The largest absolute Gasteiger partial charge is 0.493 e. The third kappa shape index (κ3) is 4.33. The van der Waals surface area contributed by atoms with Gasteiger partial charge in [0.25, 0.3) is 0 Å². The molecule has 148 valence electrons. The van der Waals surface area contributed by atoms with Gasteiger partial charge < -0.3 is 15.8 Å². The highest BCUT2D eigenvalue weighted by atomic mass is 32.1. The predicted molar refractivity (Wildman–Crippen MR) is 115 cm³/mol. The molecule has 3 heterocycles. The van der Waals surface area contributed by atoms with E-state index in [4.69, 9.17) is 10.5 Å². The summed E-state index contributed by atoms with van der Waals surface area (Å²) in [5.74, 6) is 0.530. The summed E-state index contributed by atoms with van der Waals surface area (Å²) in [5.41, 5.74) is 9.06. The topological polar surface area (TPSA) is 116 Å². The minimum atomic E-state index is -0.170. The zero-order valence-electron chi connectivity index (χ0n) is 15.8. The lowest BCUT2D eigenvalue weighted by atomic mass is 10.1. The second-order valence-electron chi connectivity index (χ2n) is 6.25. The van der Waals surface area contributed by atoms with Crippen LogP contribution in [0, 0.1) is 6.92 Å². The molecule has 0 saturated heterocycles. The van der Waals surface area contributed by atoms with Gasteiger partial charge >= 0.3 is 0 Å². The summed E-state index contributed by atoms with van der Waals surface area (Å²) < 4.78 is 6.64. The van der Waals surface area contributed by atoms with E-state index >= 15 is 0 Å². The number of nitrogens with one attached hydrogen (secondary N) is 1. The van der Waals surface area contributed by atoms with Gasteiger partial charge in [0.2, 0.25) is 11.0 Å². The number of thiazole rings is 1. The SMILES string of the molecule is CCOc1cc(C)ncc1-c1nnc(NC(=O)Cc2ccc3nc(N)sc3c2)s1. The number of nitrogen functional groups attached to an aromatic ring is 1. The van der Waals surface area contributed by atoms with E-state index in [0.29, 0.717) is 27.6 Å². The van der Waals surface area contributed by atoms with Crippen LogP contribution in [0.3, 0.4) is 0 Å². The summed E-state index contributed by atoms with van der Waals surface area (Å²) in [7, 11) is 0. The average molecular weight is 427 g/mol. The van der Waals surface area contributed by atoms with Gasteiger partial charge in [-0.2, -0.15) is 0 Å². The van der Waals surface area contributed by atoms with E-state index < -0.39 is 0 Å². The molecular weight excluding hydrogens is 408 g/mol. The van der Waals surface area contributed by atoms with Crippen LogP contribution >= 0.6 is 22.7 Å². The van der Waals surface area contributed by atoms with Crippen LogP contribution in [-0.2, 0) is 11.2 Å². The number of nitrogens with two attached hydrogens (primary N) is 1. The van der Waals surface area contributed by atoms with E-state index in [2.05, 4.69) is 25.5 Å². The number of fused-ring (bicyclic) bond motifs is 1. The number of anilines is 2. The van der Waals surface area contributed by atoms with Crippen LogP contribution in [0.4, 0.5) is 10.3 Å². The highest BCUT2D eigenvalue weighted by Gasteiger charge is 2.15. The van der Waals surface area contributed by atoms with Crippen molar-refractivity contribution in [2.24, 2.45) is 0 Å². The van der Waals surface area contributed by atoms with Crippen molar-refractivity contribution in [1.29, 1.82) is 0 Å². The summed E-state index contributed by atoms with van der Waals surface area (Å²) in [5, 5.41) is 12.6. The Labute approximate surface area is 174 Å². The van der Waals surface area contributed by atoms with Crippen molar-refractivity contribution >= 4 is 49.1 Å². The number of aromatic nitrogens is 4. The minimum Gasteiger partial charge on any atom is -0.493 e. The zero-order valence-corrected chi connectivity index (χ0v) is 17.4. The maximum atomic E-state index is 12.4. The van der Waals surface area contributed by atoms with Crippen molar-refractivity contribution in [3.8, 4) is 16.3 Å². The van der Waals surface area contributed by atoms with Crippen LogP contribution in [0.25, 0.3) is 20.8 Å². The molecule has 0 bridgehead atoms. The number of pyridine rings is 1. The average Bonchev–Trinajstić information content (AvgIpc) is 3.27. The van der Waals surface area contributed by atoms with Crippen LogP contribution in [0.2, 0.25) is 0 Å². The molecule has 4 aromatic rings. The van der Waals surface area contributed by atoms with Crippen LogP contribution in [0.1, 0.15) is 18.2 Å². The van der Waals surface area contributed by atoms with Gasteiger partial charge in [-0.3, -0.25) is 9.78 Å². The van der Waals surface area contributed by atoms with E-state index in [1.165, 1.54) is 22.7 Å². The van der Waals surface area contributed by atoms with E-state index in [9.17, 15) is 4.79 Å². The first-order valence-electron chi connectivity index (χ1n) is 8.90. The van der Waals surface area contributed by atoms with Gasteiger partial charge in [-0.1, -0.05) is 28.7 Å². The minimum absolute atomic E-state index is 0.170. The van der Waals surface area contributed by atoms with Crippen molar-refractivity contribution in [2.45, 2.75) is 20.3 Å². The van der Waals surface area contributed by atoms with Gasteiger partial charge in [-0.25, -0.2) is 4.98 Å². The monoisotopic (exact) mass is 426 g/mol. The van der Waals surface area contributed by atoms with Gasteiger partial charge in [0.05, 0.1) is 28.8 Å². The summed E-state index contributed by atoms with van der Waals surface area (Å²) in [6.45, 7) is 4.35. The lowest BCUT2D eigenvalue weighted by Crippen LogP contribution is -2.14. The van der Waals surface area contributed by atoms with E-state index in [1.54, 1.807) is 6.20 Å². The Hall–Kier alpha value is -3.11. The number of rotatable bonds is 6. The fourth-order valence-electron chi connectivity index (χ4n) is 2.80. The van der Waals surface area contributed by atoms with Crippen molar-refractivity contribution < 1.29 is 9.53 Å². The molecule has 8 nitrogen and oxygen atoms in total. The molecule has 0 aliphatic carbocycles. The number of hydrogen-bond acceptors (Lipinski definition) is 9. The van der Waals surface area contributed by atoms with Crippen LogP contribution < -0.4 is 15.8 Å². The summed E-state index contributed by atoms with van der Waals surface area (Å²) in [6, 6.07) is 7.54. The Morgan fingerprint density at radius 2 is 2.10 bits per heavy atom. The zero-order chi connectivity index (χ0) is 20.4. The maximum absolute atomic E-state index is 12.4. The Balaban J connectivity index is 1.47. The molecule has 0 fully saturated rings. The number of carbonyl (C=O) groups excluding carboxylic acids is 1. The van der Waals surface area contributed by atoms with E-state index in [-0.39, 0.29) is 12.3 Å². The highest BCUT2D eigenvalue weighted by Crippen LogP contribution is 2.33. The fraction of sp³-hybridized carbons (Fsp3) is 0.211. The van der Waals surface area contributed by atoms with Crippen molar-refractivity contribution in [3.05, 3.63) is 41.7 Å². The molecule has 0 radical (unpaired) electrons. The molecule has 10 heteroatoms. The van der Waals surface area contributed by atoms with E-state index in [0.717, 1.165) is 27.0 Å². The van der Waals surface area contributed by atoms with Gasteiger partial charge in [0.15, 0.2) is 10.1 Å². The van der Waals surface area contributed by atoms with Crippen LogP contribution in [0.15, 0.2) is 30.5 Å². The maximum Gasteiger partial charge on any atom is 0.230 e. The third-order valence-corrected chi connectivity index (χ3v) is 5.76. The van der Waals surface area contributed by atoms with Crippen LogP contribution in [-0.4, -0.2) is 32.7 Å². The first-order valence-corrected chi connectivity index (χ1v) is 10.5. The molecule has 0 unspecified atom stereocenters. The number of carbonyl (C=O) groups is 1. The molecule has 0 atom stereocenters. The first-order chi connectivity index (χ1) is 14.0. The predicted octanol–water partition coefficient (Wildman–Crippen LogP) is 3.68. The third-order valence-electron chi connectivity index (χ3n) is 4.04. The smallest absolute Gasteiger partial charge is 0.230 e. The first kappa shape index (κ1) is 19.2. The molecule has 0 spiro atoms. The van der Waals surface area contributed by atoms with Crippen molar-refractivity contribution in [1.82, 2.24) is 20.2 Å². The van der Waals surface area contributed by atoms with Gasteiger partial charge in [0, 0.05) is 18.0 Å². The quantitative estimate of drug-likeness (QED) is 0.483. The van der Waals surface area contributed by atoms with Gasteiger partial charge in [0.1, 0.15) is 5.75 Å². The Kier molecular flexibility index (Phi) is 5.36. The molecule has 0 aliphatic rings. The summed E-state index contributed by atoms with van der Waals surface area (Å²) >= 11 is 2.68. The number of hydrogen-bond donors (Lipinski definition) is 2. The molecule has 3 N–H and O–H groups in total. The summed E-state index contributed by atoms with van der Waals surface area (Å²) in [6.07, 6.45) is 1.93. The fourth-order valence-corrected chi connectivity index (χ4v) is 4.37. The molecule has 0 aliphatic heterocycles. The number of nitrogens with zero attached hydrogens (tertiary/aromatic N) is 4. The normalized spacial score (nSPS) is 11.0. The molecular formula is C19H18N6O2S2. The second kappa shape index (κ2) is 8.10. The molecule has 0 saturated carbocycles. The molecule has 1 aromatic carbocycles. The number of benzene rings is 1. The van der Waals surface area contributed by atoms with Crippen LogP contribution in [0.5, 0.6) is 5.75 Å². The van der Waals surface area contributed by atoms with Gasteiger partial charge in [-0.15, -0.1) is 10.2 Å². The second-order valence-corrected chi connectivity index (χ2v) is 8.29. The number of aryl methyl sites for hydroxylation is 1. The molecule has 1 amide bonds. The Morgan fingerprint density at radius 1 is 1.24 bits per heavy atom. The number of ether oxygens (including phenoxy) is 1. The summed E-state index contributed by atoms with van der Waals surface area (Å²) in [4.78, 5) is 21.0. The standard InChI is InChI=1S/C19H18N6O2S2/c1-3-27-14-6-10(2)21-9-12(14)17-24-25-19(29-17)23-16(26)8-11-4-5-13-15(7-11)28-18(20)22-13/h4-7,9H,3,8H2,1-2H3,(H2,20,22)(H,23,25,26). The van der Waals surface area contributed by atoms with E-state index in [1.807, 2.05) is 38.1 Å².